The molecule has 3 heteroatoms. The Labute approximate surface area is 104 Å². The second kappa shape index (κ2) is 5.00. The van der Waals surface area contributed by atoms with E-state index >= 15 is 0 Å². The van der Waals surface area contributed by atoms with Crippen molar-refractivity contribution in [3.05, 3.63) is 28.2 Å². The van der Waals surface area contributed by atoms with Gasteiger partial charge in [-0.05, 0) is 52.9 Å². The van der Waals surface area contributed by atoms with Crippen LogP contribution in [-0.4, -0.2) is 12.9 Å². The van der Waals surface area contributed by atoms with Gasteiger partial charge in [0, 0.05) is 12.3 Å². The van der Waals surface area contributed by atoms with Gasteiger partial charge in [0.1, 0.15) is 11.5 Å². The first kappa shape index (κ1) is 11.6. The first-order chi connectivity index (χ1) is 7.70. The third kappa shape index (κ3) is 2.85. The quantitative estimate of drug-likeness (QED) is 0.828. The summed E-state index contributed by atoms with van der Waals surface area (Å²) in [7, 11) is 1.65. The van der Waals surface area contributed by atoms with Crippen LogP contribution in [0.15, 0.2) is 22.7 Å². The normalized spacial score (nSPS) is 14.9. The summed E-state index contributed by atoms with van der Waals surface area (Å²) in [6.07, 6.45) is 3.71. The van der Waals surface area contributed by atoms with Crippen LogP contribution < -0.4 is 4.74 Å². The lowest BCUT2D eigenvalue weighted by atomic mass is 10.1. The fourth-order valence-electron chi connectivity index (χ4n) is 1.74. The number of benzene rings is 1. The van der Waals surface area contributed by atoms with Gasteiger partial charge in [-0.2, -0.15) is 0 Å². The molecule has 0 bridgehead atoms. The molecule has 1 aromatic carbocycles. The van der Waals surface area contributed by atoms with Crippen LogP contribution >= 0.6 is 15.9 Å². The molecule has 16 heavy (non-hydrogen) atoms. The van der Waals surface area contributed by atoms with Crippen molar-refractivity contribution < 1.29 is 9.53 Å². The SMILES string of the molecule is COc1ccc(CCC(=O)C2CC2)cc1Br. The van der Waals surface area contributed by atoms with Crippen molar-refractivity contribution >= 4 is 21.7 Å². The van der Waals surface area contributed by atoms with Crippen molar-refractivity contribution in [3.63, 3.8) is 0 Å². The molecule has 1 aliphatic carbocycles. The molecule has 2 nitrogen and oxygen atoms in total. The predicted octanol–water partition coefficient (Wildman–Crippen LogP) is 3.37. The molecule has 0 saturated heterocycles. The number of hydrogen-bond acceptors (Lipinski definition) is 2. The van der Waals surface area contributed by atoms with Gasteiger partial charge in [0.15, 0.2) is 0 Å². The van der Waals surface area contributed by atoms with Gasteiger partial charge in [-0.15, -0.1) is 0 Å². The molecule has 1 aromatic rings. The minimum absolute atomic E-state index is 0.377. The average Bonchev–Trinajstić information content (AvgIpc) is 3.10. The van der Waals surface area contributed by atoms with E-state index in [9.17, 15) is 4.79 Å². The van der Waals surface area contributed by atoms with Gasteiger partial charge in [-0.1, -0.05) is 6.07 Å². The fraction of sp³-hybridized carbons (Fsp3) is 0.462. The molecule has 86 valence electrons. The molecule has 0 aliphatic heterocycles. The van der Waals surface area contributed by atoms with Crippen LogP contribution in [-0.2, 0) is 11.2 Å². The molecule has 0 spiro atoms. The summed E-state index contributed by atoms with van der Waals surface area (Å²) in [5, 5.41) is 0. The largest absolute Gasteiger partial charge is 0.496 e. The third-order valence-corrected chi connectivity index (χ3v) is 3.53. The molecular formula is C13H15BrO2. The van der Waals surface area contributed by atoms with Crippen molar-refractivity contribution in [2.45, 2.75) is 25.7 Å². The summed E-state index contributed by atoms with van der Waals surface area (Å²) in [5.41, 5.74) is 1.18. The Kier molecular flexibility index (Phi) is 3.64. The highest BCUT2D eigenvalue weighted by Crippen LogP contribution is 2.32. The Morgan fingerprint density at radius 1 is 1.50 bits per heavy atom. The Morgan fingerprint density at radius 3 is 2.81 bits per heavy atom. The van der Waals surface area contributed by atoms with Gasteiger partial charge in [-0.3, -0.25) is 4.79 Å². The monoisotopic (exact) mass is 282 g/mol. The summed E-state index contributed by atoms with van der Waals surface area (Å²) in [6, 6.07) is 5.98. The molecule has 0 N–H and O–H groups in total. The Balaban J connectivity index is 1.93. The van der Waals surface area contributed by atoms with E-state index < -0.39 is 0 Å². The molecule has 1 fully saturated rings. The molecule has 1 saturated carbocycles. The van der Waals surface area contributed by atoms with Crippen molar-refractivity contribution in [1.29, 1.82) is 0 Å². The lowest BCUT2D eigenvalue weighted by Crippen LogP contribution is -2.02. The smallest absolute Gasteiger partial charge is 0.136 e. The summed E-state index contributed by atoms with van der Waals surface area (Å²) < 4.78 is 6.11. The van der Waals surface area contributed by atoms with Crippen LogP contribution in [0.25, 0.3) is 0 Å². The van der Waals surface area contributed by atoms with Gasteiger partial charge in [0.2, 0.25) is 0 Å². The zero-order valence-corrected chi connectivity index (χ0v) is 10.9. The minimum atomic E-state index is 0.377. The van der Waals surface area contributed by atoms with E-state index in [0.29, 0.717) is 18.1 Å². The molecule has 0 unspecified atom stereocenters. The van der Waals surface area contributed by atoms with Crippen LogP contribution in [0.5, 0.6) is 5.75 Å². The van der Waals surface area contributed by atoms with Crippen LogP contribution in [0.2, 0.25) is 0 Å². The van der Waals surface area contributed by atoms with Crippen LogP contribution in [0.1, 0.15) is 24.8 Å². The van der Waals surface area contributed by atoms with Gasteiger partial charge in [-0.25, -0.2) is 0 Å². The highest BCUT2D eigenvalue weighted by molar-refractivity contribution is 9.10. The van der Waals surface area contributed by atoms with Crippen LogP contribution in [0, 0.1) is 5.92 Å². The fourth-order valence-corrected chi connectivity index (χ4v) is 2.33. The van der Waals surface area contributed by atoms with Gasteiger partial charge >= 0.3 is 0 Å². The highest BCUT2D eigenvalue weighted by Gasteiger charge is 2.28. The highest BCUT2D eigenvalue weighted by atomic mass is 79.9. The van der Waals surface area contributed by atoms with E-state index in [2.05, 4.69) is 15.9 Å². The second-order valence-electron chi connectivity index (χ2n) is 4.21. The number of carbonyl (C=O) groups excluding carboxylic acids is 1. The maximum atomic E-state index is 11.6. The molecule has 0 atom stereocenters. The maximum Gasteiger partial charge on any atom is 0.136 e. The molecule has 0 heterocycles. The van der Waals surface area contributed by atoms with E-state index in [1.807, 2.05) is 18.2 Å². The van der Waals surface area contributed by atoms with Gasteiger partial charge < -0.3 is 4.74 Å². The number of halogens is 1. The number of Topliss-reactive ketones (excluding diaryl/α,β-unsaturated/α-hetero) is 1. The van der Waals surface area contributed by atoms with E-state index in [-0.39, 0.29) is 0 Å². The molecule has 0 radical (unpaired) electrons. The lowest BCUT2D eigenvalue weighted by Gasteiger charge is -2.05. The number of carbonyl (C=O) groups is 1. The lowest BCUT2D eigenvalue weighted by molar-refractivity contribution is -0.120. The number of rotatable bonds is 5. The van der Waals surface area contributed by atoms with Crippen molar-refractivity contribution in [3.8, 4) is 5.75 Å². The first-order valence-corrected chi connectivity index (χ1v) is 6.35. The van der Waals surface area contributed by atoms with Crippen LogP contribution in [0.3, 0.4) is 0 Å². The summed E-state index contributed by atoms with van der Waals surface area (Å²) in [4.78, 5) is 11.6. The van der Waals surface area contributed by atoms with Crippen LogP contribution in [0.4, 0.5) is 0 Å². The zero-order valence-electron chi connectivity index (χ0n) is 9.33. The zero-order chi connectivity index (χ0) is 11.5. The number of hydrogen-bond donors (Lipinski definition) is 0. The van der Waals surface area contributed by atoms with Crippen molar-refractivity contribution in [2.75, 3.05) is 7.11 Å². The molecular weight excluding hydrogens is 268 g/mol. The average molecular weight is 283 g/mol. The molecule has 2 rings (SSSR count). The molecule has 0 amide bonds. The maximum absolute atomic E-state index is 11.6. The van der Waals surface area contributed by atoms with E-state index in [0.717, 1.165) is 29.5 Å². The van der Waals surface area contributed by atoms with E-state index in [4.69, 9.17) is 4.74 Å². The Hall–Kier alpha value is -0.830. The predicted molar refractivity (Wildman–Crippen MR) is 66.7 cm³/mol. The Morgan fingerprint density at radius 2 is 2.25 bits per heavy atom. The second-order valence-corrected chi connectivity index (χ2v) is 5.06. The van der Waals surface area contributed by atoms with Crippen molar-refractivity contribution in [1.82, 2.24) is 0 Å². The van der Waals surface area contributed by atoms with E-state index in [1.165, 1.54) is 5.56 Å². The van der Waals surface area contributed by atoms with E-state index in [1.54, 1.807) is 7.11 Å². The summed E-state index contributed by atoms with van der Waals surface area (Å²) in [5.74, 6) is 1.63. The summed E-state index contributed by atoms with van der Waals surface area (Å²) in [6.45, 7) is 0. The Bertz CT molecular complexity index is 397. The van der Waals surface area contributed by atoms with Gasteiger partial charge in [0.25, 0.3) is 0 Å². The topological polar surface area (TPSA) is 26.3 Å². The van der Waals surface area contributed by atoms with Crippen molar-refractivity contribution in [2.24, 2.45) is 5.92 Å². The molecule has 1 aliphatic rings. The third-order valence-electron chi connectivity index (χ3n) is 2.91. The number of aryl methyl sites for hydroxylation is 1. The summed E-state index contributed by atoms with van der Waals surface area (Å²) >= 11 is 3.45. The standard InChI is InChI=1S/C13H15BrO2/c1-16-13-7-3-9(8-11(13)14)2-6-12(15)10-4-5-10/h3,7-8,10H,2,4-6H2,1H3. The van der Waals surface area contributed by atoms with Gasteiger partial charge in [0.05, 0.1) is 11.6 Å². The first-order valence-electron chi connectivity index (χ1n) is 5.56. The number of methoxy groups -OCH3 is 1. The minimum Gasteiger partial charge on any atom is -0.496 e. The molecule has 0 aromatic heterocycles. The number of ketones is 1. The number of ether oxygens (including phenoxy) is 1.